The molecule has 0 amide bonds. The van der Waals surface area contributed by atoms with Gasteiger partial charge in [0.15, 0.2) is 0 Å². The molecule has 1 nitrogen and oxygen atoms in total. The summed E-state index contributed by atoms with van der Waals surface area (Å²) in [4.78, 5) is 0. The third-order valence-corrected chi connectivity index (χ3v) is 4.83. The molecule has 0 heterocycles. The Balaban J connectivity index is 2.11. The van der Waals surface area contributed by atoms with Gasteiger partial charge in [0.2, 0.25) is 0 Å². The second kappa shape index (κ2) is 6.66. The van der Waals surface area contributed by atoms with Crippen LogP contribution in [0.5, 0.6) is 0 Å². The summed E-state index contributed by atoms with van der Waals surface area (Å²) in [6.45, 7) is 4.54. The Hall–Kier alpha value is -0.960. The SMILES string of the molecule is CNC(c1cc(F)ccc1F)C1CCC(C(C)C)CC1. The van der Waals surface area contributed by atoms with Gasteiger partial charge in [-0.2, -0.15) is 0 Å². The lowest BCUT2D eigenvalue weighted by atomic mass is 9.73. The maximum Gasteiger partial charge on any atom is 0.128 e. The van der Waals surface area contributed by atoms with Gasteiger partial charge in [-0.15, -0.1) is 0 Å². The van der Waals surface area contributed by atoms with Crippen LogP contribution in [0.3, 0.4) is 0 Å². The zero-order chi connectivity index (χ0) is 14.7. The molecule has 1 aromatic rings. The second-order valence-corrected chi connectivity index (χ2v) is 6.35. The summed E-state index contributed by atoms with van der Waals surface area (Å²) < 4.78 is 27.3. The van der Waals surface area contributed by atoms with Crippen molar-refractivity contribution in [2.45, 2.75) is 45.6 Å². The van der Waals surface area contributed by atoms with E-state index in [9.17, 15) is 8.78 Å². The first-order valence-corrected chi connectivity index (χ1v) is 7.65. The Morgan fingerprint density at radius 2 is 1.65 bits per heavy atom. The van der Waals surface area contributed by atoms with E-state index in [1.807, 2.05) is 7.05 Å². The summed E-state index contributed by atoms with van der Waals surface area (Å²) >= 11 is 0. The summed E-state index contributed by atoms with van der Waals surface area (Å²) in [5.74, 6) is 1.22. The number of rotatable bonds is 4. The van der Waals surface area contributed by atoms with Crippen LogP contribution >= 0.6 is 0 Å². The molecule has 1 atom stereocenters. The van der Waals surface area contributed by atoms with Gasteiger partial charge in [0.25, 0.3) is 0 Å². The van der Waals surface area contributed by atoms with Crippen LogP contribution in [-0.2, 0) is 0 Å². The average Bonchev–Trinajstić information content (AvgIpc) is 2.44. The smallest absolute Gasteiger partial charge is 0.128 e. The van der Waals surface area contributed by atoms with E-state index in [4.69, 9.17) is 0 Å². The van der Waals surface area contributed by atoms with E-state index in [0.29, 0.717) is 11.5 Å². The van der Waals surface area contributed by atoms with Crippen LogP contribution in [0.1, 0.15) is 51.1 Å². The predicted molar refractivity (Wildman–Crippen MR) is 78.4 cm³/mol. The van der Waals surface area contributed by atoms with E-state index < -0.39 is 0 Å². The van der Waals surface area contributed by atoms with Gasteiger partial charge in [-0.25, -0.2) is 8.78 Å². The molecule has 1 fully saturated rings. The second-order valence-electron chi connectivity index (χ2n) is 6.35. The first kappa shape index (κ1) is 15.4. The molecule has 0 radical (unpaired) electrons. The molecule has 20 heavy (non-hydrogen) atoms. The Morgan fingerprint density at radius 1 is 1.05 bits per heavy atom. The average molecular weight is 281 g/mol. The lowest BCUT2D eigenvalue weighted by Crippen LogP contribution is -2.30. The number of nitrogens with one attached hydrogen (secondary N) is 1. The van der Waals surface area contributed by atoms with Crippen LogP contribution in [0, 0.1) is 29.4 Å². The first-order valence-electron chi connectivity index (χ1n) is 7.65. The molecule has 1 aliphatic carbocycles. The molecule has 0 bridgehead atoms. The van der Waals surface area contributed by atoms with Gasteiger partial charge in [0.1, 0.15) is 11.6 Å². The normalized spacial score (nSPS) is 24.9. The van der Waals surface area contributed by atoms with Crippen molar-refractivity contribution in [3.63, 3.8) is 0 Å². The lowest BCUT2D eigenvalue weighted by molar-refractivity contribution is 0.191. The maximum atomic E-state index is 14.0. The van der Waals surface area contributed by atoms with Crippen LogP contribution in [0.25, 0.3) is 0 Å². The van der Waals surface area contributed by atoms with Gasteiger partial charge in [-0.1, -0.05) is 13.8 Å². The largest absolute Gasteiger partial charge is 0.313 e. The third kappa shape index (κ3) is 3.38. The molecule has 0 aliphatic heterocycles. The third-order valence-electron chi connectivity index (χ3n) is 4.83. The van der Waals surface area contributed by atoms with Crippen LogP contribution in [-0.4, -0.2) is 7.05 Å². The van der Waals surface area contributed by atoms with Gasteiger partial charge >= 0.3 is 0 Å². The number of hydrogen-bond acceptors (Lipinski definition) is 1. The summed E-state index contributed by atoms with van der Waals surface area (Å²) in [6, 6.07) is 3.67. The minimum Gasteiger partial charge on any atom is -0.313 e. The summed E-state index contributed by atoms with van der Waals surface area (Å²) in [5, 5.41) is 3.19. The highest BCUT2D eigenvalue weighted by Crippen LogP contribution is 2.39. The highest BCUT2D eigenvalue weighted by atomic mass is 19.1. The fraction of sp³-hybridized carbons (Fsp3) is 0.647. The quantitative estimate of drug-likeness (QED) is 0.844. The van der Waals surface area contributed by atoms with Gasteiger partial charge in [-0.05, 0) is 68.7 Å². The number of halogens is 2. The van der Waals surface area contributed by atoms with Crippen molar-refractivity contribution in [2.75, 3.05) is 7.05 Å². The highest BCUT2D eigenvalue weighted by molar-refractivity contribution is 5.23. The standard InChI is InChI=1S/C17H25F2N/c1-11(2)12-4-6-13(7-5-12)17(20-3)15-10-14(18)8-9-16(15)19/h8-13,17,20H,4-7H2,1-3H3. The maximum absolute atomic E-state index is 14.0. The fourth-order valence-corrected chi connectivity index (χ4v) is 3.54. The molecule has 1 aliphatic rings. The van der Waals surface area contributed by atoms with Crippen molar-refractivity contribution in [1.82, 2.24) is 5.32 Å². The van der Waals surface area contributed by atoms with E-state index in [1.54, 1.807) is 0 Å². The van der Waals surface area contributed by atoms with Crippen LogP contribution < -0.4 is 5.32 Å². The monoisotopic (exact) mass is 281 g/mol. The molecule has 1 N–H and O–H groups in total. The summed E-state index contributed by atoms with van der Waals surface area (Å²) in [5.41, 5.74) is 0.473. The number of benzene rings is 1. The van der Waals surface area contributed by atoms with E-state index in [1.165, 1.54) is 31.0 Å². The lowest BCUT2D eigenvalue weighted by Gasteiger charge is -2.35. The van der Waals surface area contributed by atoms with Gasteiger partial charge < -0.3 is 5.32 Å². The molecule has 3 heteroatoms. The predicted octanol–water partition coefficient (Wildman–Crippen LogP) is 4.69. The summed E-state index contributed by atoms with van der Waals surface area (Å²) in [7, 11) is 1.84. The van der Waals surface area contributed by atoms with Crippen molar-refractivity contribution in [2.24, 2.45) is 17.8 Å². The van der Waals surface area contributed by atoms with Crippen molar-refractivity contribution < 1.29 is 8.78 Å². The molecular formula is C17H25F2N. The topological polar surface area (TPSA) is 12.0 Å². The van der Waals surface area contributed by atoms with Crippen molar-refractivity contribution >= 4 is 0 Å². The molecule has 0 aromatic heterocycles. The van der Waals surface area contributed by atoms with Crippen LogP contribution in [0.2, 0.25) is 0 Å². The molecule has 112 valence electrons. The Kier molecular flexibility index (Phi) is 5.14. The number of hydrogen-bond donors (Lipinski definition) is 1. The zero-order valence-electron chi connectivity index (χ0n) is 12.6. The van der Waals surface area contributed by atoms with Crippen LogP contribution in [0.15, 0.2) is 18.2 Å². The Morgan fingerprint density at radius 3 is 2.20 bits per heavy atom. The minimum absolute atomic E-state index is 0.0844. The van der Waals surface area contributed by atoms with E-state index >= 15 is 0 Å². The Labute approximate surface area is 120 Å². The highest BCUT2D eigenvalue weighted by Gasteiger charge is 2.30. The minimum atomic E-state index is -0.363. The van der Waals surface area contributed by atoms with Gasteiger partial charge in [-0.3, -0.25) is 0 Å². The van der Waals surface area contributed by atoms with E-state index in [-0.39, 0.29) is 17.7 Å². The van der Waals surface area contributed by atoms with Crippen molar-refractivity contribution in [3.05, 3.63) is 35.4 Å². The van der Waals surface area contributed by atoms with Gasteiger partial charge in [0.05, 0.1) is 0 Å². The molecule has 1 saturated carbocycles. The van der Waals surface area contributed by atoms with Crippen LogP contribution in [0.4, 0.5) is 8.78 Å². The molecule has 1 aromatic carbocycles. The molecule has 2 rings (SSSR count). The molecule has 1 unspecified atom stereocenters. The van der Waals surface area contributed by atoms with Crippen molar-refractivity contribution in [3.8, 4) is 0 Å². The van der Waals surface area contributed by atoms with Gasteiger partial charge in [0, 0.05) is 11.6 Å². The zero-order valence-corrected chi connectivity index (χ0v) is 12.6. The van der Waals surface area contributed by atoms with E-state index in [2.05, 4.69) is 19.2 Å². The summed E-state index contributed by atoms with van der Waals surface area (Å²) in [6.07, 6.45) is 4.56. The molecular weight excluding hydrogens is 256 g/mol. The van der Waals surface area contributed by atoms with E-state index in [0.717, 1.165) is 24.7 Å². The molecule has 0 spiro atoms. The van der Waals surface area contributed by atoms with Crippen molar-refractivity contribution in [1.29, 1.82) is 0 Å². The molecule has 0 saturated heterocycles. The Bertz CT molecular complexity index is 437. The fourth-order valence-electron chi connectivity index (χ4n) is 3.54. The first-order chi connectivity index (χ1) is 9.52.